The number of nitrogens with one attached hydrogen (secondary N) is 1. The highest BCUT2D eigenvalue weighted by Gasteiger charge is 2.04. The van der Waals surface area contributed by atoms with E-state index < -0.39 is 6.10 Å². The van der Waals surface area contributed by atoms with Gasteiger partial charge in [-0.15, -0.1) is 0 Å². The number of carbonyl (C=O) groups excluding carboxylic acids is 1. The van der Waals surface area contributed by atoms with Gasteiger partial charge in [0, 0.05) is 18.7 Å². The Morgan fingerprint density at radius 2 is 2.28 bits per heavy atom. The van der Waals surface area contributed by atoms with Crippen molar-refractivity contribution in [3.8, 4) is 0 Å². The lowest BCUT2D eigenvalue weighted by atomic mass is 10.1. The van der Waals surface area contributed by atoms with Crippen LogP contribution in [-0.2, 0) is 16.0 Å². The Hall–Kier alpha value is -1.59. The number of rotatable bonds is 7. The summed E-state index contributed by atoms with van der Waals surface area (Å²) in [4.78, 5) is 11.0. The van der Waals surface area contributed by atoms with Crippen LogP contribution in [0.1, 0.15) is 12.0 Å². The molecule has 0 aromatic heterocycles. The number of aliphatic hydroxyl groups is 2. The van der Waals surface area contributed by atoms with Gasteiger partial charge in [0.25, 0.3) is 0 Å². The van der Waals surface area contributed by atoms with Crippen molar-refractivity contribution >= 4 is 11.7 Å². The van der Waals surface area contributed by atoms with Gasteiger partial charge in [-0.1, -0.05) is 12.1 Å². The number of carbonyl (C=O) groups is 1. The molecule has 0 radical (unpaired) electrons. The van der Waals surface area contributed by atoms with Crippen LogP contribution in [0.3, 0.4) is 0 Å². The van der Waals surface area contributed by atoms with Crippen LogP contribution in [-0.4, -0.2) is 42.5 Å². The third kappa shape index (κ3) is 5.16. The maximum Gasteiger partial charge on any atom is 0.305 e. The molecule has 0 aliphatic carbocycles. The molecule has 5 nitrogen and oxygen atoms in total. The van der Waals surface area contributed by atoms with Gasteiger partial charge in [-0.3, -0.25) is 4.79 Å². The number of hydrogen-bond donors (Lipinski definition) is 3. The largest absolute Gasteiger partial charge is 0.469 e. The zero-order chi connectivity index (χ0) is 13.4. The molecule has 0 amide bonds. The topological polar surface area (TPSA) is 78.8 Å². The van der Waals surface area contributed by atoms with Gasteiger partial charge in [-0.25, -0.2) is 0 Å². The summed E-state index contributed by atoms with van der Waals surface area (Å²) in [7, 11) is 1.37. The smallest absolute Gasteiger partial charge is 0.305 e. The number of hydrogen-bond acceptors (Lipinski definition) is 5. The number of aliphatic hydroxyl groups excluding tert-OH is 2. The molecule has 0 bridgehead atoms. The van der Waals surface area contributed by atoms with Crippen molar-refractivity contribution in [2.75, 3.05) is 25.6 Å². The molecule has 0 saturated carbocycles. The van der Waals surface area contributed by atoms with E-state index in [0.717, 1.165) is 11.3 Å². The van der Waals surface area contributed by atoms with Gasteiger partial charge in [0.2, 0.25) is 0 Å². The van der Waals surface area contributed by atoms with Gasteiger partial charge in [0.15, 0.2) is 0 Å². The standard InChI is InChI=1S/C13H19NO4/c1-18-13(17)6-5-10-3-2-4-11(7-10)14-8-12(16)9-15/h2-4,7,12,14-16H,5-6,8-9H2,1H3. The highest BCUT2D eigenvalue weighted by molar-refractivity contribution is 5.69. The van der Waals surface area contributed by atoms with E-state index in [1.807, 2.05) is 24.3 Å². The molecular weight excluding hydrogens is 234 g/mol. The summed E-state index contributed by atoms with van der Waals surface area (Å²) in [6.45, 7) is 0.0198. The van der Waals surface area contributed by atoms with Crippen molar-refractivity contribution in [3.63, 3.8) is 0 Å². The fourth-order valence-electron chi connectivity index (χ4n) is 1.49. The van der Waals surface area contributed by atoms with Crippen LogP contribution < -0.4 is 5.32 Å². The first-order valence-corrected chi connectivity index (χ1v) is 5.84. The van der Waals surface area contributed by atoms with Gasteiger partial charge < -0.3 is 20.3 Å². The summed E-state index contributed by atoms with van der Waals surface area (Å²) >= 11 is 0. The molecule has 100 valence electrons. The maximum atomic E-state index is 11.0. The molecule has 0 aliphatic rings. The molecule has 1 rings (SSSR count). The molecule has 0 fully saturated rings. The van der Waals surface area contributed by atoms with Crippen LogP contribution in [0, 0.1) is 0 Å². The van der Waals surface area contributed by atoms with Gasteiger partial charge in [-0.2, -0.15) is 0 Å². The van der Waals surface area contributed by atoms with Crippen molar-refractivity contribution in [1.29, 1.82) is 0 Å². The second-order valence-electron chi connectivity index (χ2n) is 3.99. The summed E-state index contributed by atoms with van der Waals surface area (Å²) in [5.41, 5.74) is 1.87. The molecule has 1 unspecified atom stereocenters. The summed E-state index contributed by atoms with van der Waals surface area (Å²) < 4.78 is 4.58. The number of esters is 1. The van der Waals surface area contributed by atoms with Crippen LogP contribution in [0.5, 0.6) is 0 Å². The van der Waals surface area contributed by atoms with E-state index in [0.29, 0.717) is 12.8 Å². The normalized spacial score (nSPS) is 11.9. The summed E-state index contributed by atoms with van der Waals surface area (Å²) in [5.74, 6) is -0.232. The minimum absolute atomic E-state index is 0.232. The molecule has 0 saturated heterocycles. The lowest BCUT2D eigenvalue weighted by Crippen LogP contribution is -2.22. The minimum atomic E-state index is -0.774. The molecule has 1 atom stereocenters. The maximum absolute atomic E-state index is 11.0. The molecule has 1 aromatic carbocycles. The summed E-state index contributed by atoms with van der Waals surface area (Å²) in [6, 6.07) is 7.58. The van der Waals surface area contributed by atoms with Gasteiger partial charge in [0.05, 0.1) is 19.8 Å². The second kappa shape index (κ2) is 7.68. The van der Waals surface area contributed by atoms with Gasteiger partial charge in [0.1, 0.15) is 0 Å². The van der Waals surface area contributed by atoms with E-state index in [1.165, 1.54) is 7.11 Å². The Kier molecular flexibility index (Phi) is 6.18. The van der Waals surface area contributed by atoms with Crippen molar-refractivity contribution in [1.82, 2.24) is 0 Å². The van der Waals surface area contributed by atoms with E-state index in [2.05, 4.69) is 10.1 Å². The number of methoxy groups -OCH3 is 1. The van der Waals surface area contributed by atoms with Crippen LogP contribution in [0.25, 0.3) is 0 Å². The average molecular weight is 253 g/mol. The van der Waals surface area contributed by atoms with Gasteiger partial charge >= 0.3 is 5.97 Å². The number of aryl methyl sites for hydroxylation is 1. The Morgan fingerprint density at radius 1 is 1.50 bits per heavy atom. The van der Waals surface area contributed by atoms with E-state index in [9.17, 15) is 9.90 Å². The Labute approximate surface area is 106 Å². The fraction of sp³-hybridized carbons (Fsp3) is 0.462. The number of ether oxygens (including phenoxy) is 1. The van der Waals surface area contributed by atoms with Gasteiger partial charge in [-0.05, 0) is 24.1 Å². The molecule has 3 N–H and O–H groups in total. The van der Waals surface area contributed by atoms with Crippen LogP contribution in [0.4, 0.5) is 5.69 Å². The highest BCUT2D eigenvalue weighted by atomic mass is 16.5. The van der Waals surface area contributed by atoms with E-state index >= 15 is 0 Å². The third-order valence-corrected chi connectivity index (χ3v) is 2.53. The molecule has 0 aliphatic heterocycles. The fourth-order valence-corrected chi connectivity index (χ4v) is 1.49. The van der Waals surface area contributed by atoms with Crippen LogP contribution >= 0.6 is 0 Å². The van der Waals surface area contributed by atoms with E-state index in [1.54, 1.807) is 0 Å². The molecule has 18 heavy (non-hydrogen) atoms. The molecule has 1 aromatic rings. The predicted molar refractivity (Wildman–Crippen MR) is 68.4 cm³/mol. The monoisotopic (exact) mass is 253 g/mol. The highest BCUT2D eigenvalue weighted by Crippen LogP contribution is 2.12. The third-order valence-electron chi connectivity index (χ3n) is 2.53. The van der Waals surface area contributed by atoms with E-state index in [4.69, 9.17) is 5.11 Å². The SMILES string of the molecule is COC(=O)CCc1cccc(NCC(O)CO)c1. The minimum Gasteiger partial charge on any atom is -0.469 e. The second-order valence-corrected chi connectivity index (χ2v) is 3.99. The first-order valence-electron chi connectivity index (χ1n) is 5.84. The Bertz CT molecular complexity index is 381. The predicted octanol–water partition coefficient (Wildman–Crippen LogP) is 0.557. The van der Waals surface area contributed by atoms with Crippen LogP contribution in [0.15, 0.2) is 24.3 Å². The quantitative estimate of drug-likeness (QED) is 0.619. The Balaban J connectivity index is 2.48. The Morgan fingerprint density at radius 3 is 2.94 bits per heavy atom. The zero-order valence-corrected chi connectivity index (χ0v) is 10.4. The summed E-state index contributed by atoms with van der Waals surface area (Å²) in [6.07, 6.45) is 0.188. The summed E-state index contributed by atoms with van der Waals surface area (Å²) in [5, 5.41) is 20.9. The molecule has 0 spiro atoms. The first kappa shape index (κ1) is 14.5. The van der Waals surface area contributed by atoms with Crippen molar-refractivity contribution in [2.24, 2.45) is 0 Å². The lowest BCUT2D eigenvalue weighted by Gasteiger charge is -2.11. The van der Waals surface area contributed by atoms with Crippen molar-refractivity contribution in [2.45, 2.75) is 18.9 Å². The van der Waals surface area contributed by atoms with E-state index in [-0.39, 0.29) is 19.1 Å². The molecule has 5 heteroatoms. The molecule has 0 heterocycles. The molecular formula is C13H19NO4. The van der Waals surface area contributed by atoms with Crippen molar-refractivity contribution in [3.05, 3.63) is 29.8 Å². The number of benzene rings is 1. The number of anilines is 1. The van der Waals surface area contributed by atoms with Crippen molar-refractivity contribution < 1.29 is 19.7 Å². The first-order chi connectivity index (χ1) is 8.65. The average Bonchev–Trinajstić information content (AvgIpc) is 2.42. The van der Waals surface area contributed by atoms with Crippen LogP contribution in [0.2, 0.25) is 0 Å². The zero-order valence-electron chi connectivity index (χ0n) is 10.4. The lowest BCUT2D eigenvalue weighted by molar-refractivity contribution is -0.140.